The average molecular weight is 250 g/mol. The van der Waals surface area contributed by atoms with Crippen LogP contribution in [-0.2, 0) is 9.59 Å². The molecular weight excluding hydrogens is 232 g/mol. The minimum absolute atomic E-state index is 0.133. The number of pyridine rings is 1. The molecule has 1 aromatic rings. The lowest BCUT2D eigenvalue weighted by atomic mass is 10.2. The van der Waals surface area contributed by atoms with Gasteiger partial charge in [-0.05, 0) is 12.1 Å². The van der Waals surface area contributed by atoms with Gasteiger partial charge >= 0.3 is 0 Å². The second-order valence-electron chi connectivity index (χ2n) is 3.97. The van der Waals surface area contributed by atoms with Gasteiger partial charge in [0.15, 0.2) is 0 Å². The van der Waals surface area contributed by atoms with E-state index in [0.29, 0.717) is 18.8 Å². The summed E-state index contributed by atoms with van der Waals surface area (Å²) in [6.45, 7) is 2.34. The molecule has 0 aromatic carbocycles. The quantitative estimate of drug-likeness (QED) is 0.668. The second-order valence-corrected chi connectivity index (χ2v) is 3.97. The molecule has 1 aromatic heterocycles. The van der Waals surface area contributed by atoms with Gasteiger partial charge in [0.05, 0.1) is 11.9 Å². The zero-order chi connectivity index (χ0) is 13.4. The summed E-state index contributed by atoms with van der Waals surface area (Å²) in [5.74, 6) is -0.526. The van der Waals surface area contributed by atoms with Gasteiger partial charge in [0.25, 0.3) is 0 Å². The van der Waals surface area contributed by atoms with Crippen molar-refractivity contribution in [2.75, 3.05) is 18.4 Å². The smallest absolute Gasteiger partial charge is 0.226 e. The minimum Gasteiger partial charge on any atom is -0.355 e. The molecule has 0 radical (unpaired) electrons. The lowest BCUT2D eigenvalue weighted by Crippen LogP contribution is -2.35. The Kier molecular flexibility index (Phi) is 5.79. The van der Waals surface area contributed by atoms with Gasteiger partial charge < -0.3 is 16.4 Å². The molecule has 0 spiro atoms. The summed E-state index contributed by atoms with van der Waals surface area (Å²) >= 11 is 0. The van der Waals surface area contributed by atoms with Crippen molar-refractivity contribution in [3.8, 4) is 0 Å². The van der Waals surface area contributed by atoms with Gasteiger partial charge in [-0.1, -0.05) is 6.92 Å². The Morgan fingerprint density at radius 3 is 2.89 bits per heavy atom. The number of nitrogens with zero attached hydrogens (tertiary/aromatic N) is 1. The highest BCUT2D eigenvalue weighted by Crippen LogP contribution is 2.02. The van der Waals surface area contributed by atoms with E-state index in [1.165, 1.54) is 0 Å². The van der Waals surface area contributed by atoms with Crippen LogP contribution < -0.4 is 16.4 Å². The molecule has 1 rings (SSSR count). The molecule has 1 unspecified atom stereocenters. The molecule has 0 bridgehead atoms. The summed E-state index contributed by atoms with van der Waals surface area (Å²) in [4.78, 5) is 26.8. The highest BCUT2D eigenvalue weighted by atomic mass is 16.2. The number of hydrogen-bond donors (Lipinski definition) is 3. The first-order chi connectivity index (χ1) is 8.63. The van der Waals surface area contributed by atoms with E-state index in [1.54, 1.807) is 31.5 Å². The van der Waals surface area contributed by atoms with E-state index in [1.807, 2.05) is 0 Å². The Hall–Kier alpha value is -1.95. The molecule has 6 heteroatoms. The number of anilines is 1. The van der Waals surface area contributed by atoms with Crippen molar-refractivity contribution in [1.29, 1.82) is 0 Å². The molecule has 0 aliphatic rings. The Morgan fingerprint density at radius 2 is 2.28 bits per heavy atom. The van der Waals surface area contributed by atoms with Crippen molar-refractivity contribution in [1.82, 2.24) is 10.3 Å². The van der Waals surface area contributed by atoms with Crippen LogP contribution in [0.3, 0.4) is 0 Å². The molecule has 18 heavy (non-hydrogen) atoms. The Bertz CT molecular complexity index is 394. The summed E-state index contributed by atoms with van der Waals surface area (Å²) in [5.41, 5.74) is 6.00. The van der Waals surface area contributed by atoms with E-state index in [9.17, 15) is 9.59 Å². The average Bonchev–Trinajstić information content (AvgIpc) is 2.38. The van der Waals surface area contributed by atoms with E-state index in [-0.39, 0.29) is 24.2 Å². The topological polar surface area (TPSA) is 97.1 Å². The fourth-order valence-corrected chi connectivity index (χ4v) is 1.24. The van der Waals surface area contributed by atoms with Gasteiger partial charge in [-0.2, -0.15) is 0 Å². The maximum atomic E-state index is 11.5. The van der Waals surface area contributed by atoms with E-state index < -0.39 is 0 Å². The normalized spacial score (nSPS) is 11.7. The highest BCUT2D eigenvalue weighted by molar-refractivity contribution is 5.91. The van der Waals surface area contributed by atoms with Crippen LogP contribution in [0.1, 0.15) is 13.3 Å². The molecule has 4 N–H and O–H groups in total. The summed E-state index contributed by atoms with van der Waals surface area (Å²) in [5, 5.41) is 5.34. The van der Waals surface area contributed by atoms with Gasteiger partial charge in [0, 0.05) is 31.6 Å². The van der Waals surface area contributed by atoms with Crippen LogP contribution in [-0.4, -0.2) is 29.9 Å². The van der Waals surface area contributed by atoms with Gasteiger partial charge in [0.2, 0.25) is 11.8 Å². The van der Waals surface area contributed by atoms with Crippen LogP contribution in [0.5, 0.6) is 0 Å². The van der Waals surface area contributed by atoms with Crippen LogP contribution in [0.25, 0.3) is 0 Å². The van der Waals surface area contributed by atoms with E-state index >= 15 is 0 Å². The Balaban J connectivity index is 2.24. The summed E-state index contributed by atoms with van der Waals surface area (Å²) < 4.78 is 0. The van der Waals surface area contributed by atoms with E-state index in [2.05, 4.69) is 15.6 Å². The first kappa shape index (κ1) is 14.1. The summed E-state index contributed by atoms with van der Waals surface area (Å²) in [6, 6.07) is 3.49. The van der Waals surface area contributed by atoms with Gasteiger partial charge in [0.1, 0.15) is 0 Å². The molecular formula is C12H18N4O2. The number of nitrogens with one attached hydrogen (secondary N) is 2. The molecule has 0 aliphatic carbocycles. The Labute approximate surface area is 106 Å². The van der Waals surface area contributed by atoms with Crippen LogP contribution in [0, 0.1) is 5.92 Å². The number of hydrogen-bond acceptors (Lipinski definition) is 4. The third-order valence-corrected chi connectivity index (χ3v) is 2.40. The molecule has 1 heterocycles. The van der Waals surface area contributed by atoms with E-state index in [0.717, 1.165) is 0 Å². The number of aromatic nitrogens is 1. The zero-order valence-corrected chi connectivity index (χ0v) is 10.3. The third-order valence-electron chi connectivity index (χ3n) is 2.40. The molecule has 0 saturated carbocycles. The standard InChI is InChI=1S/C12H18N4O2/c1-9(7-13)12(18)15-6-4-11(17)16-10-3-2-5-14-8-10/h2-3,5,8-9H,4,6-7,13H2,1H3,(H,15,18)(H,16,17). The van der Waals surface area contributed by atoms with Crippen molar-refractivity contribution in [2.45, 2.75) is 13.3 Å². The van der Waals surface area contributed by atoms with Crippen molar-refractivity contribution in [3.05, 3.63) is 24.5 Å². The lowest BCUT2D eigenvalue weighted by molar-refractivity contribution is -0.124. The first-order valence-corrected chi connectivity index (χ1v) is 5.81. The predicted octanol–water partition coefficient (Wildman–Crippen LogP) is 0.121. The van der Waals surface area contributed by atoms with E-state index in [4.69, 9.17) is 5.73 Å². The fourth-order valence-electron chi connectivity index (χ4n) is 1.24. The van der Waals surface area contributed by atoms with Crippen molar-refractivity contribution in [3.63, 3.8) is 0 Å². The van der Waals surface area contributed by atoms with Crippen molar-refractivity contribution < 1.29 is 9.59 Å². The monoisotopic (exact) mass is 250 g/mol. The van der Waals surface area contributed by atoms with Gasteiger partial charge in [-0.15, -0.1) is 0 Å². The van der Waals surface area contributed by atoms with Crippen LogP contribution in [0.15, 0.2) is 24.5 Å². The molecule has 2 amide bonds. The predicted molar refractivity (Wildman–Crippen MR) is 68.7 cm³/mol. The van der Waals surface area contributed by atoms with Gasteiger partial charge in [-0.25, -0.2) is 0 Å². The molecule has 0 saturated heterocycles. The summed E-state index contributed by atoms with van der Waals surface area (Å²) in [7, 11) is 0. The van der Waals surface area contributed by atoms with Crippen LogP contribution in [0.2, 0.25) is 0 Å². The molecule has 0 aliphatic heterocycles. The molecule has 6 nitrogen and oxygen atoms in total. The fraction of sp³-hybridized carbons (Fsp3) is 0.417. The third kappa shape index (κ3) is 4.92. The van der Waals surface area contributed by atoms with Crippen molar-refractivity contribution in [2.24, 2.45) is 11.7 Å². The zero-order valence-electron chi connectivity index (χ0n) is 10.3. The number of amides is 2. The maximum absolute atomic E-state index is 11.5. The first-order valence-electron chi connectivity index (χ1n) is 5.81. The largest absolute Gasteiger partial charge is 0.355 e. The number of nitrogens with two attached hydrogens (primary N) is 1. The minimum atomic E-state index is -0.230. The van der Waals surface area contributed by atoms with Crippen LogP contribution >= 0.6 is 0 Å². The van der Waals surface area contributed by atoms with Gasteiger partial charge in [-0.3, -0.25) is 14.6 Å². The lowest BCUT2D eigenvalue weighted by Gasteiger charge is -2.09. The highest BCUT2D eigenvalue weighted by Gasteiger charge is 2.10. The second kappa shape index (κ2) is 7.39. The Morgan fingerprint density at radius 1 is 1.50 bits per heavy atom. The number of carbonyl (C=O) groups is 2. The molecule has 98 valence electrons. The molecule has 1 atom stereocenters. The SMILES string of the molecule is CC(CN)C(=O)NCCC(=O)Nc1cccnc1. The number of carbonyl (C=O) groups excluding carboxylic acids is 2. The molecule has 0 fully saturated rings. The van der Waals surface area contributed by atoms with Crippen LogP contribution in [0.4, 0.5) is 5.69 Å². The maximum Gasteiger partial charge on any atom is 0.226 e. The summed E-state index contributed by atoms with van der Waals surface area (Å²) in [6.07, 6.45) is 3.41. The number of rotatable bonds is 6. The van der Waals surface area contributed by atoms with Crippen molar-refractivity contribution >= 4 is 17.5 Å².